The number of nitrogens with two attached hydrogens (primary N) is 1. The fourth-order valence-corrected chi connectivity index (χ4v) is 3.06. The van der Waals surface area contributed by atoms with Gasteiger partial charge < -0.3 is 21.5 Å². The molecule has 3 amide bonds. The maximum atomic E-state index is 12.3. The van der Waals surface area contributed by atoms with Crippen molar-refractivity contribution in [2.45, 2.75) is 20.0 Å². The Kier molecular flexibility index (Phi) is 7.63. The van der Waals surface area contributed by atoms with E-state index in [1.54, 1.807) is 49.6 Å². The lowest BCUT2D eigenvalue weighted by Gasteiger charge is -2.12. The molecule has 0 aliphatic rings. The molecule has 0 saturated carbocycles. The highest BCUT2D eigenvalue weighted by Crippen LogP contribution is 2.33. The minimum Gasteiger partial charge on any atom is -0.396 e. The van der Waals surface area contributed by atoms with Crippen molar-refractivity contribution in [2.75, 3.05) is 17.7 Å². The molecule has 1 unspecified atom stereocenters. The number of amides is 3. The lowest BCUT2D eigenvalue weighted by atomic mass is 10.0. The van der Waals surface area contributed by atoms with Crippen molar-refractivity contribution in [3.05, 3.63) is 58.9 Å². The van der Waals surface area contributed by atoms with Crippen molar-refractivity contribution in [3.63, 3.8) is 0 Å². The van der Waals surface area contributed by atoms with Gasteiger partial charge in [0.1, 0.15) is 5.82 Å². The number of nitrogens with one attached hydrogen (secondary N) is 4. The summed E-state index contributed by atoms with van der Waals surface area (Å²) in [5.41, 5.74) is 8.76. The van der Waals surface area contributed by atoms with E-state index >= 15 is 0 Å². The molecule has 0 aliphatic carbocycles. The van der Waals surface area contributed by atoms with Gasteiger partial charge in [-0.15, -0.1) is 0 Å². The van der Waals surface area contributed by atoms with Crippen molar-refractivity contribution in [3.8, 4) is 11.1 Å². The summed E-state index contributed by atoms with van der Waals surface area (Å²) >= 11 is 6.28. The van der Waals surface area contributed by atoms with E-state index in [2.05, 4.69) is 31.1 Å². The molecule has 7 N–H and O–H groups in total. The number of aliphatic hydroxyl groups is 1. The van der Waals surface area contributed by atoms with Crippen LogP contribution in [0.25, 0.3) is 11.1 Å². The topological polar surface area (TPSA) is 158 Å². The van der Waals surface area contributed by atoms with Gasteiger partial charge in [0.15, 0.2) is 5.82 Å². The van der Waals surface area contributed by atoms with Gasteiger partial charge in [0.05, 0.1) is 18.1 Å². The Morgan fingerprint density at radius 1 is 1.19 bits per heavy atom. The zero-order valence-electron chi connectivity index (χ0n) is 17.4. The molecule has 168 valence electrons. The third kappa shape index (κ3) is 5.74. The summed E-state index contributed by atoms with van der Waals surface area (Å²) in [6.07, 6.45) is 3.29. The van der Waals surface area contributed by atoms with Crippen LogP contribution in [0.3, 0.4) is 0 Å². The number of pyridine rings is 1. The van der Waals surface area contributed by atoms with Crippen LogP contribution in [0.5, 0.6) is 0 Å². The molecule has 10 nitrogen and oxygen atoms in total. The van der Waals surface area contributed by atoms with Crippen molar-refractivity contribution in [2.24, 2.45) is 5.92 Å². The Morgan fingerprint density at radius 3 is 2.66 bits per heavy atom. The molecule has 0 fully saturated rings. The van der Waals surface area contributed by atoms with Gasteiger partial charge in [-0.1, -0.05) is 24.6 Å². The van der Waals surface area contributed by atoms with E-state index in [-0.39, 0.29) is 30.7 Å². The lowest BCUT2D eigenvalue weighted by molar-refractivity contribution is -0.125. The number of halogens is 1. The fraction of sp³-hybridized carbons (Fsp3) is 0.238. The molecule has 1 aromatic carbocycles. The van der Waals surface area contributed by atoms with Gasteiger partial charge >= 0.3 is 6.03 Å². The second kappa shape index (κ2) is 10.6. The second-order valence-corrected chi connectivity index (χ2v) is 7.54. The maximum absolute atomic E-state index is 12.3. The van der Waals surface area contributed by atoms with Crippen LogP contribution >= 0.6 is 11.6 Å². The number of aliphatic hydroxyl groups excluding tert-OH is 1. The van der Waals surface area contributed by atoms with E-state index in [1.807, 2.05) is 0 Å². The van der Waals surface area contributed by atoms with Crippen molar-refractivity contribution in [1.29, 1.82) is 0 Å². The zero-order chi connectivity index (χ0) is 23.1. The Balaban J connectivity index is 1.73. The molecule has 3 aromatic rings. The molecule has 0 aliphatic heterocycles. The molecule has 0 bridgehead atoms. The van der Waals surface area contributed by atoms with Crippen molar-refractivity contribution >= 4 is 35.2 Å². The molecule has 32 heavy (non-hydrogen) atoms. The van der Waals surface area contributed by atoms with E-state index < -0.39 is 11.9 Å². The maximum Gasteiger partial charge on any atom is 0.320 e. The van der Waals surface area contributed by atoms with Crippen LogP contribution in [0.1, 0.15) is 18.1 Å². The highest BCUT2D eigenvalue weighted by Gasteiger charge is 2.18. The SMILES string of the molecule is CC(CO)C(=O)NCc1cc(-c2c(NC(=O)NCc3ccncc3)n[nH]c2N)ccc1Cl. The number of aromatic nitrogens is 3. The Labute approximate surface area is 189 Å². The highest BCUT2D eigenvalue weighted by atomic mass is 35.5. The van der Waals surface area contributed by atoms with Crippen LogP contribution in [0.15, 0.2) is 42.7 Å². The van der Waals surface area contributed by atoms with E-state index in [0.717, 1.165) is 5.56 Å². The lowest BCUT2D eigenvalue weighted by Crippen LogP contribution is -2.30. The van der Waals surface area contributed by atoms with Gasteiger partial charge in [-0.05, 0) is 41.0 Å². The standard InChI is InChI=1S/C21H24ClN7O3/c1-12(11-30)20(31)25-10-15-8-14(2-3-16(15)22)17-18(23)28-29-19(17)27-21(32)26-9-13-4-6-24-7-5-13/h2-8,12,30H,9-11H2,1H3,(H,25,31)(H5,23,26,27,28,29,32). The van der Waals surface area contributed by atoms with Gasteiger partial charge in [-0.2, -0.15) is 5.10 Å². The molecule has 0 saturated heterocycles. The number of hydrogen-bond acceptors (Lipinski definition) is 6. The highest BCUT2D eigenvalue weighted by molar-refractivity contribution is 6.31. The van der Waals surface area contributed by atoms with E-state index in [4.69, 9.17) is 22.4 Å². The summed E-state index contributed by atoms with van der Waals surface area (Å²) in [5.74, 6) is -0.297. The first-order chi connectivity index (χ1) is 15.4. The van der Waals surface area contributed by atoms with Crippen LogP contribution in [0.4, 0.5) is 16.4 Å². The van der Waals surface area contributed by atoms with Crippen molar-refractivity contribution < 1.29 is 14.7 Å². The predicted octanol–water partition coefficient (Wildman–Crippen LogP) is 2.27. The zero-order valence-corrected chi connectivity index (χ0v) is 18.1. The number of carbonyl (C=O) groups is 2. The summed E-state index contributed by atoms with van der Waals surface area (Å²) in [6.45, 7) is 1.87. The molecule has 2 heterocycles. The van der Waals surface area contributed by atoms with Gasteiger partial charge in [0, 0.05) is 30.5 Å². The van der Waals surface area contributed by atoms with E-state index in [0.29, 0.717) is 28.3 Å². The van der Waals surface area contributed by atoms with Crippen LogP contribution in [-0.2, 0) is 17.9 Å². The summed E-state index contributed by atoms with van der Waals surface area (Å²) < 4.78 is 0. The summed E-state index contributed by atoms with van der Waals surface area (Å²) in [6, 6.07) is 8.32. The number of H-pyrrole nitrogens is 1. The summed E-state index contributed by atoms with van der Waals surface area (Å²) in [4.78, 5) is 28.2. The van der Waals surface area contributed by atoms with Gasteiger partial charge in [-0.25, -0.2) is 4.79 Å². The molecule has 3 rings (SSSR count). The molecule has 2 aromatic heterocycles. The fourth-order valence-electron chi connectivity index (χ4n) is 2.88. The first kappa shape index (κ1) is 23.0. The largest absolute Gasteiger partial charge is 0.396 e. The summed E-state index contributed by atoms with van der Waals surface area (Å²) in [5, 5.41) is 24.5. The van der Waals surface area contributed by atoms with Gasteiger partial charge in [0.2, 0.25) is 5.91 Å². The number of benzene rings is 1. The number of urea groups is 1. The average Bonchev–Trinajstić information content (AvgIpc) is 3.16. The third-order valence-electron chi connectivity index (χ3n) is 4.74. The van der Waals surface area contributed by atoms with Gasteiger partial charge in [0.25, 0.3) is 0 Å². The van der Waals surface area contributed by atoms with Gasteiger partial charge in [-0.3, -0.25) is 20.2 Å². The molecule has 0 radical (unpaired) electrons. The Hall–Kier alpha value is -3.63. The second-order valence-electron chi connectivity index (χ2n) is 7.13. The molecular weight excluding hydrogens is 434 g/mol. The summed E-state index contributed by atoms with van der Waals surface area (Å²) in [7, 11) is 0. The van der Waals surface area contributed by atoms with E-state index in [9.17, 15) is 9.59 Å². The third-order valence-corrected chi connectivity index (χ3v) is 5.11. The number of hydrogen-bond donors (Lipinski definition) is 6. The number of anilines is 2. The number of aromatic amines is 1. The first-order valence-corrected chi connectivity index (χ1v) is 10.2. The molecule has 11 heteroatoms. The minimum atomic E-state index is -0.525. The van der Waals surface area contributed by atoms with Crippen LogP contribution in [0.2, 0.25) is 5.02 Å². The van der Waals surface area contributed by atoms with Crippen LogP contribution < -0.4 is 21.7 Å². The van der Waals surface area contributed by atoms with E-state index in [1.165, 1.54) is 0 Å². The van der Waals surface area contributed by atoms with Crippen molar-refractivity contribution in [1.82, 2.24) is 25.8 Å². The van der Waals surface area contributed by atoms with Crippen LogP contribution in [0, 0.1) is 5.92 Å². The molecular formula is C21H24ClN7O3. The number of nitrogen functional groups attached to an aromatic ring is 1. The average molecular weight is 458 g/mol. The first-order valence-electron chi connectivity index (χ1n) is 9.84. The minimum absolute atomic E-state index is 0.169. The smallest absolute Gasteiger partial charge is 0.320 e. The molecule has 1 atom stereocenters. The molecule has 0 spiro atoms. The monoisotopic (exact) mass is 457 g/mol. The normalized spacial score (nSPS) is 11.6. The quantitative estimate of drug-likeness (QED) is 0.304. The Morgan fingerprint density at radius 2 is 1.94 bits per heavy atom. The number of rotatable bonds is 8. The number of carbonyl (C=O) groups excluding carboxylic acids is 2. The number of nitrogens with zero attached hydrogens (tertiary/aromatic N) is 2. The Bertz CT molecular complexity index is 1090. The van der Waals surface area contributed by atoms with Crippen LogP contribution in [-0.4, -0.2) is 38.8 Å². The predicted molar refractivity (Wildman–Crippen MR) is 122 cm³/mol.